The second kappa shape index (κ2) is 7.82. The van der Waals surface area contributed by atoms with Crippen molar-refractivity contribution in [2.75, 3.05) is 10.6 Å². The molecule has 26 heavy (non-hydrogen) atoms. The molecule has 0 aliphatic carbocycles. The van der Waals surface area contributed by atoms with Gasteiger partial charge in [0.05, 0.1) is 4.90 Å². The number of nitrogens with one attached hydrogen (secondary N) is 2. The van der Waals surface area contributed by atoms with Crippen molar-refractivity contribution in [3.63, 3.8) is 0 Å². The van der Waals surface area contributed by atoms with Crippen LogP contribution in [0.1, 0.15) is 11.1 Å². The van der Waals surface area contributed by atoms with E-state index in [0.29, 0.717) is 0 Å². The van der Waals surface area contributed by atoms with Crippen molar-refractivity contribution < 1.29 is 17.8 Å². The van der Waals surface area contributed by atoms with Gasteiger partial charge in [-0.2, -0.15) is 13.7 Å². The molecule has 2 rings (SSSR count). The summed E-state index contributed by atoms with van der Waals surface area (Å²) in [4.78, 5) is 11.9. The largest absolute Gasteiger partial charge is 0.360 e. The first-order valence-corrected chi connectivity index (χ1v) is 8.97. The fraction of sp³-hybridized carbons (Fsp3) is 0.111. The van der Waals surface area contributed by atoms with E-state index in [0.717, 1.165) is 22.9 Å². The average molecular weight is 371 g/mol. The van der Waals surface area contributed by atoms with Crippen LogP contribution >= 0.6 is 0 Å². The van der Waals surface area contributed by atoms with E-state index in [1.165, 1.54) is 24.4 Å². The molecule has 0 bridgehead atoms. The predicted molar refractivity (Wildman–Crippen MR) is 98.1 cm³/mol. The van der Waals surface area contributed by atoms with Crippen molar-refractivity contribution in [1.29, 1.82) is 5.26 Å². The summed E-state index contributed by atoms with van der Waals surface area (Å²) in [6, 6.07) is 12.6. The minimum Gasteiger partial charge on any atom is -0.360 e. The van der Waals surface area contributed by atoms with Crippen LogP contribution in [0.15, 0.2) is 59.1 Å². The van der Waals surface area contributed by atoms with Gasteiger partial charge in [-0.3, -0.25) is 9.35 Å². The van der Waals surface area contributed by atoms with Gasteiger partial charge in [0.25, 0.3) is 16.0 Å². The molecule has 1 amide bonds. The monoisotopic (exact) mass is 371 g/mol. The van der Waals surface area contributed by atoms with E-state index in [-0.39, 0.29) is 16.2 Å². The normalized spacial score (nSPS) is 11.5. The maximum atomic E-state index is 12.2. The molecule has 0 heterocycles. The van der Waals surface area contributed by atoms with Crippen LogP contribution in [0.4, 0.5) is 11.4 Å². The second-order valence-electron chi connectivity index (χ2n) is 5.65. The molecule has 7 nitrogen and oxygen atoms in total. The lowest BCUT2D eigenvalue weighted by molar-refractivity contribution is -0.112. The highest BCUT2D eigenvalue weighted by atomic mass is 32.2. The molecule has 0 radical (unpaired) electrons. The molecular weight excluding hydrogens is 354 g/mol. The van der Waals surface area contributed by atoms with E-state index < -0.39 is 16.0 Å². The third-order valence-electron chi connectivity index (χ3n) is 3.36. The molecule has 2 aromatic carbocycles. The number of hydrogen-bond donors (Lipinski definition) is 3. The highest BCUT2D eigenvalue weighted by Crippen LogP contribution is 2.17. The van der Waals surface area contributed by atoms with Gasteiger partial charge in [0.15, 0.2) is 0 Å². The van der Waals surface area contributed by atoms with E-state index in [1.54, 1.807) is 6.07 Å². The first-order chi connectivity index (χ1) is 12.2. The zero-order valence-corrected chi connectivity index (χ0v) is 15.0. The Balaban J connectivity index is 2.17. The van der Waals surface area contributed by atoms with Gasteiger partial charge >= 0.3 is 0 Å². The lowest BCUT2D eigenvalue weighted by Crippen LogP contribution is -2.15. The van der Waals surface area contributed by atoms with E-state index >= 15 is 0 Å². The number of amides is 1. The van der Waals surface area contributed by atoms with Crippen molar-refractivity contribution in [1.82, 2.24) is 0 Å². The Kier molecular flexibility index (Phi) is 5.77. The maximum absolute atomic E-state index is 12.2. The molecular formula is C18H17N3O4S. The summed E-state index contributed by atoms with van der Waals surface area (Å²) in [6.07, 6.45) is 1.27. The van der Waals surface area contributed by atoms with Gasteiger partial charge in [0.1, 0.15) is 11.6 Å². The molecule has 0 aromatic heterocycles. The van der Waals surface area contributed by atoms with Crippen molar-refractivity contribution in [3.05, 3.63) is 65.4 Å². The van der Waals surface area contributed by atoms with Crippen LogP contribution in [0.2, 0.25) is 0 Å². The van der Waals surface area contributed by atoms with E-state index in [2.05, 4.69) is 10.6 Å². The van der Waals surface area contributed by atoms with Crippen LogP contribution < -0.4 is 10.6 Å². The molecule has 2 aromatic rings. The lowest BCUT2D eigenvalue weighted by atomic mass is 10.1. The van der Waals surface area contributed by atoms with E-state index in [1.807, 2.05) is 32.0 Å². The topological polar surface area (TPSA) is 119 Å². The van der Waals surface area contributed by atoms with Crippen LogP contribution in [0.5, 0.6) is 0 Å². The standard InChI is InChI=1S/C18H17N3O4S/c1-12-6-13(2)8-16(7-12)20-11-14(10-19)18(22)21-15-4-3-5-17(9-15)26(23,24)25/h3-9,11,20H,1-2H3,(H,21,22)(H,23,24,25)/b14-11-. The van der Waals surface area contributed by atoms with Crippen LogP contribution in [0.25, 0.3) is 0 Å². The highest BCUT2D eigenvalue weighted by molar-refractivity contribution is 7.85. The molecule has 0 spiro atoms. The average Bonchev–Trinajstić information content (AvgIpc) is 2.54. The smallest absolute Gasteiger partial charge is 0.294 e. The number of nitriles is 1. The Morgan fingerprint density at radius 2 is 1.77 bits per heavy atom. The quantitative estimate of drug-likeness (QED) is 0.422. The summed E-state index contributed by atoms with van der Waals surface area (Å²) < 4.78 is 31.3. The van der Waals surface area contributed by atoms with Crippen molar-refractivity contribution in [2.45, 2.75) is 18.7 Å². The predicted octanol–water partition coefficient (Wildman–Crippen LogP) is 3.01. The van der Waals surface area contributed by atoms with Gasteiger partial charge in [0.2, 0.25) is 0 Å². The Morgan fingerprint density at radius 3 is 2.35 bits per heavy atom. The Hall–Kier alpha value is -3.15. The molecule has 0 atom stereocenters. The molecule has 0 aliphatic rings. The number of benzene rings is 2. The Labute approximate surface area is 151 Å². The number of hydrogen-bond acceptors (Lipinski definition) is 5. The summed E-state index contributed by atoms with van der Waals surface area (Å²) in [6.45, 7) is 3.87. The van der Waals surface area contributed by atoms with Gasteiger partial charge in [0, 0.05) is 17.6 Å². The van der Waals surface area contributed by atoms with Crippen LogP contribution in [0, 0.1) is 25.2 Å². The maximum Gasteiger partial charge on any atom is 0.294 e. The summed E-state index contributed by atoms with van der Waals surface area (Å²) >= 11 is 0. The summed E-state index contributed by atoms with van der Waals surface area (Å²) in [5.74, 6) is -0.711. The Bertz CT molecular complexity index is 1000. The van der Waals surface area contributed by atoms with Crippen LogP contribution in [-0.4, -0.2) is 18.9 Å². The van der Waals surface area contributed by atoms with Crippen molar-refractivity contribution in [3.8, 4) is 6.07 Å². The fourth-order valence-electron chi connectivity index (χ4n) is 2.29. The van der Waals surface area contributed by atoms with Crippen LogP contribution in [-0.2, 0) is 14.9 Å². The van der Waals surface area contributed by atoms with Crippen LogP contribution in [0.3, 0.4) is 0 Å². The minimum absolute atomic E-state index is 0.137. The fourth-order valence-corrected chi connectivity index (χ4v) is 2.82. The lowest BCUT2D eigenvalue weighted by Gasteiger charge is -2.07. The molecule has 134 valence electrons. The third kappa shape index (κ3) is 5.17. The van der Waals surface area contributed by atoms with E-state index in [4.69, 9.17) is 4.55 Å². The highest BCUT2D eigenvalue weighted by Gasteiger charge is 2.13. The third-order valence-corrected chi connectivity index (χ3v) is 4.21. The number of carbonyl (C=O) groups is 1. The first-order valence-electron chi connectivity index (χ1n) is 7.53. The van der Waals surface area contributed by atoms with Gasteiger partial charge in [-0.15, -0.1) is 0 Å². The van der Waals surface area contributed by atoms with Gasteiger partial charge < -0.3 is 10.6 Å². The molecule has 8 heteroatoms. The number of aryl methyl sites for hydroxylation is 2. The molecule has 3 N–H and O–H groups in total. The summed E-state index contributed by atoms with van der Waals surface area (Å²) in [7, 11) is -4.38. The molecule has 0 unspecified atom stereocenters. The zero-order valence-electron chi connectivity index (χ0n) is 14.1. The molecule has 0 aliphatic heterocycles. The SMILES string of the molecule is Cc1cc(C)cc(N/C=C(/C#N)C(=O)Nc2cccc(S(=O)(=O)O)c2)c1. The number of rotatable bonds is 5. The summed E-state index contributed by atoms with van der Waals surface area (Å²) in [5, 5.41) is 14.5. The second-order valence-corrected chi connectivity index (χ2v) is 7.07. The van der Waals surface area contributed by atoms with Crippen molar-refractivity contribution >= 4 is 27.4 Å². The molecule has 0 saturated heterocycles. The van der Waals surface area contributed by atoms with Gasteiger partial charge in [-0.25, -0.2) is 0 Å². The van der Waals surface area contributed by atoms with Gasteiger partial charge in [-0.05, 0) is 55.3 Å². The van der Waals surface area contributed by atoms with E-state index in [9.17, 15) is 18.5 Å². The van der Waals surface area contributed by atoms with Gasteiger partial charge in [-0.1, -0.05) is 12.1 Å². The number of carbonyl (C=O) groups excluding carboxylic acids is 1. The van der Waals surface area contributed by atoms with Crippen molar-refractivity contribution in [2.24, 2.45) is 0 Å². The summed E-state index contributed by atoms with van der Waals surface area (Å²) in [5.41, 5.74) is 2.74. The number of nitrogens with zero attached hydrogens (tertiary/aromatic N) is 1. The first kappa shape index (κ1) is 19.2. The number of anilines is 2. The molecule has 0 fully saturated rings. The Morgan fingerprint density at radius 1 is 1.12 bits per heavy atom. The molecule has 0 saturated carbocycles. The zero-order chi connectivity index (χ0) is 19.3. The minimum atomic E-state index is -4.38.